The molecule has 1 unspecified atom stereocenters. The Balaban J connectivity index is 1.44. The predicted octanol–water partition coefficient (Wildman–Crippen LogP) is 3.07. The van der Waals surface area contributed by atoms with Crippen LogP contribution in [-0.2, 0) is 10.2 Å². The Morgan fingerprint density at radius 2 is 1.94 bits per heavy atom. The van der Waals surface area contributed by atoms with Crippen molar-refractivity contribution < 1.29 is 23.0 Å². The summed E-state index contributed by atoms with van der Waals surface area (Å²) in [5.41, 5.74) is 1.46. The fraction of sp³-hybridized carbons (Fsp3) is 0.583. The van der Waals surface area contributed by atoms with Crippen LogP contribution in [-0.4, -0.2) is 75.9 Å². The predicted molar refractivity (Wildman–Crippen MR) is 125 cm³/mol. The van der Waals surface area contributed by atoms with Gasteiger partial charge in [0.25, 0.3) is 0 Å². The smallest absolute Gasteiger partial charge is 0.356 e. The van der Waals surface area contributed by atoms with Crippen LogP contribution in [0.3, 0.4) is 0 Å². The highest BCUT2D eigenvalue weighted by Crippen LogP contribution is 2.56. The number of fused-ring (bicyclic) bond motifs is 2. The van der Waals surface area contributed by atoms with Crippen LogP contribution in [0.5, 0.6) is 0 Å². The van der Waals surface area contributed by atoms with Gasteiger partial charge in [-0.1, -0.05) is 6.42 Å². The quantitative estimate of drug-likeness (QED) is 0.617. The number of hydrogen-bond donors (Lipinski definition) is 1. The van der Waals surface area contributed by atoms with E-state index in [0.29, 0.717) is 31.0 Å². The molecule has 0 amide bonds. The van der Waals surface area contributed by atoms with Crippen molar-refractivity contribution in [1.82, 2.24) is 19.9 Å². The van der Waals surface area contributed by atoms with Gasteiger partial charge in [0.05, 0.1) is 11.6 Å². The van der Waals surface area contributed by atoms with Gasteiger partial charge in [0, 0.05) is 48.9 Å². The summed E-state index contributed by atoms with van der Waals surface area (Å²) in [6.07, 6.45) is 0.0637. The van der Waals surface area contributed by atoms with E-state index in [1.165, 1.54) is 11.2 Å². The Morgan fingerprint density at radius 3 is 2.61 bits per heavy atom. The number of pyridine rings is 1. The normalized spacial score (nSPS) is 24.4. The lowest BCUT2D eigenvalue weighted by atomic mass is 9.66. The van der Waals surface area contributed by atoms with Gasteiger partial charge in [-0.15, -0.1) is 0 Å². The molecule has 4 heterocycles. The summed E-state index contributed by atoms with van der Waals surface area (Å²) in [6, 6.07) is 5.17. The van der Waals surface area contributed by atoms with E-state index in [2.05, 4.69) is 25.8 Å². The molecule has 1 spiro atoms. The first-order chi connectivity index (χ1) is 17.1. The number of rotatable bonds is 5. The van der Waals surface area contributed by atoms with Gasteiger partial charge in [-0.2, -0.15) is 18.4 Å². The molecular weight excluding hydrogens is 475 g/mol. The maximum Gasteiger partial charge on any atom is 0.411 e. The first-order valence-corrected chi connectivity index (χ1v) is 12.0. The van der Waals surface area contributed by atoms with Gasteiger partial charge in [0.1, 0.15) is 30.4 Å². The van der Waals surface area contributed by atoms with Crippen molar-refractivity contribution in [2.75, 3.05) is 36.0 Å². The van der Waals surface area contributed by atoms with E-state index in [0.717, 1.165) is 36.5 Å². The molecule has 2 aromatic rings. The first-order valence-electron chi connectivity index (χ1n) is 12.0. The molecule has 2 fully saturated rings. The highest BCUT2D eigenvalue weighted by Gasteiger charge is 2.52. The Hall–Kier alpha value is -3.01. The summed E-state index contributed by atoms with van der Waals surface area (Å²) in [7, 11) is 0. The molecule has 0 bridgehead atoms. The average molecular weight is 504 g/mol. The van der Waals surface area contributed by atoms with Crippen molar-refractivity contribution >= 4 is 17.5 Å². The number of hydrogen-bond acceptors (Lipinski definition) is 9. The van der Waals surface area contributed by atoms with Crippen molar-refractivity contribution in [3.05, 3.63) is 35.8 Å². The van der Waals surface area contributed by atoms with Crippen LogP contribution in [0, 0.1) is 11.3 Å². The number of nitriles is 1. The van der Waals surface area contributed by atoms with Crippen molar-refractivity contribution in [1.29, 1.82) is 5.26 Å². The van der Waals surface area contributed by atoms with E-state index >= 15 is 0 Å². The number of ether oxygens (including phenoxy) is 1. The second-order valence-electron chi connectivity index (χ2n) is 9.93. The summed E-state index contributed by atoms with van der Waals surface area (Å²) in [6.45, 7) is 3.76. The number of aromatic nitrogens is 3. The molecular formula is C24H28F3N7O2. The van der Waals surface area contributed by atoms with Crippen molar-refractivity contribution in [2.24, 2.45) is 0 Å². The maximum atomic E-state index is 12.6. The highest BCUT2D eigenvalue weighted by molar-refractivity contribution is 5.75. The third-order valence-electron chi connectivity index (χ3n) is 7.50. The van der Waals surface area contributed by atoms with Crippen LogP contribution in [0.2, 0.25) is 0 Å². The number of anilines is 3. The molecule has 1 saturated carbocycles. The third kappa shape index (κ3) is 4.36. The molecule has 1 aliphatic carbocycles. The van der Waals surface area contributed by atoms with Crippen LogP contribution < -0.4 is 9.80 Å². The minimum absolute atomic E-state index is 0.119. The van der Waals surface area contributed by atoms with Crippen molar-refractivity contribution in [2.45, 2.75) is 63.2 Å². The monoisotopic (exact) mass is 503 g/mol. The van der Waals surface area contributed by atoms with Crippen LogP contribution in [0.1, 0.15) is 44.2 Å². The molecule has 0 radical (unpaired) electrons. The van der Waals surface area contributed by atoms with Gasteiger partial charge in [-0.3, -0.25) is 0 Å². The molecule has 1 N–H and O–H groups in total. The SMILES string of the molecule is C[C@@H]1CN(C(O)OCC(F)(F)F)[C@@H](C)CN1c1ncnc2c1C1(CCC1)CN2c1cc(C#N)ccn1. The molecule has 2 aliphatic heterocycles. The Morgan fingerprint density at radius 1 is 1.19 bits per heavy atom. The molecule has 3 atom stereocenters. The van der Waals surface area contributed by atoms with Gasteiger partial charge >= 0.3 is 6.18 Å². The van der Waals surface area contributed by atoms with Crippen LogP contribution in [0.15, 0.2) is 24.7 Å². The molecule has 1 saturated heterocycles. The lowest BCUT2D eigenvalue weighted by Crippen LogP contribution is -2.60. The van der Waals surface area contributed by atoms with Crippen molar-refractivity contribution in [3.8, 4) is 6.07 Å². The molecule has 5 rings (SSSR count). The molecule has 2 aromatic heterocycles. The Kier molecular flexibility index (Phi) is 6.26. The van der Waals surface area contributed by atoms with Gasteiger partial charge in [0.2, 0.25) is 6.41 Å². The summed E-state index contributed by atoms with van der Waals surface area (Å²) in [4.78, 5) is 19.6. The summed E-state index contributed by atoms with van der Waals surface area (Å²) >= 11 is 0. The molecule has 0 aromatic carbocycles. The fourth-order valence-corrected chi connectivity index (χ4v) is 5.58. The molecule has 3 aliphatic rings. The second kappa shape index (κ2) is 9.14. The van der Waals surface area contributed by atoms with Gasteiger partial charge in [0.15, 0.2) is 0 Å². The largest absolute Gasteiger partial charge is 0.411 e. The number of aliphatic hydroxyl groups excluding tert-OH is 1. The van der Waals surface area contributed by atoms with E-state index in [4.69, 9.17) is 9.72 Å². The number of piperazine rings is 1. The topological polar surface area (TPSA) is 102 Å². The minimum Gasteiger partial charge on any atom is -0.356 e. The number of nitrogens with zero attached hydrogens (tertiary/aromatic N) is 7. The zero-order valence-corrected chi connectivity index (χ0v) is 20.1. The summed E-state index contributed by atoms with van der Waals surface area (Å²) in [5, 5.41) is 19.6. The van der Waals surface area contributed by atoms with Crippen LogP contribution >= 0.6 is 0 Å². The standard InChI is InChI=1S/C24H28F3N7O2/c1-15-11-33(22(35)36-13-24(25,26)27)16(2)10-32(15)20-19-21(31-14-30-20)34(12-23(19)5-3-6-23)18-8-17(9-28)4-7-29-18/h4,7-8,14-16,22,35H,3,5-6,10-13H2,1-2H3/t15-,16+,22?/m1/s1. The third-order valence-corrected chi connectivity index (χ3v) is 7.50. The van der Waals surface area contributed by atoms with Gasteiger partial charge in [-0.25, -0.2) is 19.9 Å². The van der Waals surface area contributed by atoms with Crippen molar-refractivity contribution in [3.63, 3.8) is 0 Å². The average Bonchev–Trinajstić information content (AvgIpc) is 3.20. The van der Waals surface area contributed by atoms with E-state index < -0.39 is 19.2 Å². The minimum atomic E-state index is -4.51. The lowest BCUT2D eigenvalue weighted by molar-refractivity contribution is -0.262. The Labute approximate surface area is 207 Å². The molecule has 9 nitrogen and oxygen atoms in total. The second-order valence-corrected chi connectivity index (χ2v) is 9.93. The molecule has 12 heteroatoms. The first kappa shape index (κ1) is 24.7. The van der Waals surface area contributed by atoms with E-state index in [-0.39, 0.29) is 17.5 Å². The zero-order chi connectivity index (χ0) is 25.7. The van der Waals surface area contributed by atoms with E-state index in [9.17, 15) is 23.5 Å². The van der Waals surface area contributed by atoms with E-state index in [1.807, 2.05) is 13.8 Å². The highest BCUT2D eigenvalue weighted by atomic mass is 19.4. The fourth-order valence-electron chi connectivity index (χ4n) is 5.58. The molecule has 36 heavy (non-hydrogen) atoms. The van der Waals surface area contributed by atoms with Crippen LogP contribution in [0.4, 0.5) is 30.6 Å². The Bertz CT molecular complexity index is 1170. The number of aliphatic hydroxyl groups is 1. The van der Waals surface area contributed by atoms with E-state index in [1.54, 1.807) is 18.3 Å². The zero-order valence-electron chi connectivity index (χ0n) is 20.1. The summed E-state index contributed by atoms with van der Waals surface area (Å²) < 4.78 is 42.4. The number of alkyl halides is 3. The summed E-state index contributed by atoms with van der Waals surface area (Å²) in [5.74, 6) is 2.25. The lowest BCUT2D eigenvalue weighted by Gasteiger charge is -2.47. The number of halogens is 3. The van der Waals surface area contributed by atoms with Gasteiger partial charge < -0.3 is 19.6 Å². The molecule has 192 valence electrons. The van der Waals surface area contributed by atoms with Crippen LogP contribution in [0.25, 0.3) is 0 Å². The maximum absolute atomic E-state index is 12.6. The van der Waals surface area contributed by atoms with Gasteiger partial charge in [-0.05, 0) is 38.8 Å².